The molecule has 1 amide bonds. The van der Waals surface area contributed by atoms with Crippen LogP contribution in [0.4, 0.5) is 0 Å². The van der Waals surface area contributed by atoms with Crippen molar-refractivity contribution in [1.29, 1.82) is 0 Å². The maximum atomic E-state index is 13.2. The van der Waals surface area contributed by atoms with Crippen LogP contribution in [-0.4, -0.2) is 25.9 Å². The van der Waals surface area contributed by atoms with E-state index in [1.807, 2.05) is 26.0 Å². The number of sulfone groups is 1. The van der Waals surface area contributed by atoms with Gasteiger partial charge in [-0.15, -0.1) is 0 Å². The molecule has 0 saturated heterocycles. The van der Waals surface area contributed by atoms with E-state index in [2.05, 4.69) is 10.3 Å². The lowest BCUT2D eigenvalue weighted by Gasteiger charge is -2.17. The molecule has 146 valence electrons. The largest absolute Gasteiger partial charge is 0.468 e. The van der Waals surface area contributed by atoms with Gasteiger partial charge in [-0.3, -0.25) is 9.78 Å². The number of hydrogen-bond donors (Lipinski definition) is 1. The van der Waals surface area contributed by atoms with Crippen LogP contribution in [0.2, 0.25) is 0 Å². The number of carbonyl (C=O) groups is 1. The molecule has 1 atom stereocenters. The van der Waals surface area contributed by atoms with Crippen LogP contribution in [0.15, 0.2) is 76.4 Å². The molecule has 3 rings (SSSR count). The van der Waals surface area contributed by atoms with Crippen LogP contribution in [0.25, 0.3) is 0 Å². The van der Waals surface area contributed by atoms with Gasteiger partial charge in [-0.1, -0.05) is 32.0 Å². The van der Waals surface area contributed by atoms with Crippen LogP contribution in [0.1, 0.15) is 46.8 Å². The van der Waals surface area contributed by atoms with E-state index in [9.17, 15) is 13.2 Å². The van der Waals surface area contributed by atoms with Gasteiger partial charge in [0.25, 0.3) is 5.91 Å². The van der Waals surface area contributed by atoms with Gasteiger partial charge in [-0.05, 0) is 47.9 Å². The number of rotatable bonds is 7. The minimum Gasteiger partial charge on any atom is -0.468 e. The van der Waals surface area contributed by atoms with E-state index in [4.69, 9.17) is 4.42 Å². The highest BCUT2D eigenvalue weighted by atomic mass is 32.2. The van der Waals surface area contributed by atoms with Crippen LogP contribution in [-0.2, 0) is 9.84 Å². The zero-order valence-corrected chi connectivity index (χ0v) is 16.5. The second-order valence-electron chi connectivity index (χ2n) is 6.70. The number of aromatic nitrogens is 1. The first kappa shape index (κ1) is 19.8. The average Bonchev–Trinajstić information content (AvgIpc) is 3.23. The smallest absolute Gasteiger partial charge is 0.269 e. The van der Waals surface area contributed by atoms with Crippen molar-refractivity contribution in [2.75, 3.05) is 6.54 Å². The van der Waals surface area contributed by atoms with E-state index in [0.717, 1.165) is 5.56 Å². The lowest BCUT2D eigenvalue weighted by atomic mass is 10.0. The quantitative estimate of drug-likeness (QED) is 0.655. The third kappa shape index (κ3) is 4.31. The molecule has 0 fully saturated rings. The number of nitrogens with one attached hydrogen (secondary N) is 1. The predicted octanol–water partition coefficient (Wildman–Crippen LogP) is 3.74. The normalized spacial score (nSPS) is 12.7. The number of carbonyl (C=O) groups excluding carboxylic acids is 1. The van der Waals surface area contributed by atoms with Crippen molar-refractivity contribution < 1.29 is 17.6 Å². The number of amides is 1. The molecule has 1 N–H and O–H groups in total. The highest BCUT2D eigenvalue weighted by molar-refractivity contribution is 7.91. The van der Waals surface area contributed by atoms with Crippen molar-refractivity contribution in [3.8, 4) is 0 Å². The molecule has 28 heavy (non-hydrogen) atoms. The first-order valence-electron chi connectivity index (χ1n) is 8.96. The maximum absolute atomic E-state index is 13.2. The summed E-state index contributed by atoms with van der Waals surface area (Å²) in [5.41, 5.74) is 1.27. The Bertz CT molecular complexity index is 1010. The van der Waals surface area contributed by atoms with Crippen LogP contribution >= 0.6 is 0 Å². The number of furan rings is 1. The standard InChI is InChI=1S/C21H22N2O4S/c1-15(2)16-8-10-17(11-9-16)28(25,26)20(19-7-5-13-27-19)14-23-21(24)18-6-3-4-12-22-18/h3-13,15,20H,14H2,1-2H3,(H,23,24)/t20-/m0/s1. The molecule has 1 aromatic carbocycles. The van der Waals surface area contributed by atoms with Crippen molar-refractivity contribution in [2.24, 2.45) is 0 Å². The van der Waals surface area contributed by atoms with Crippen molar-refractivity contribution in [3.05, 3.63) is 84.1 Å². The Morgan fingerprint density at radius 2 is 1.82 bits per heavy atom. The zero-order valence-electron chi connectivity index (χ0n) is 15.7. The SMILES string of the molecule is CC(C)c1ccc(S(=O)(=O)[C@@H](CNC(=O)c2ccccn2)c2ccco2)cc1. The highest BCUT2D eigenvalue weighted by Gasteiger charge is 2.32. The molecule has 0 radical (unpaired) electrons. The van der Waals surface area contributed by atoms with E-state index >= 15 is 0 Å². The Hall–Kier alpha value is -2.93. The van der Waals surface area contributed by atoms with Gasteiger partial charge in [0, 0.05) is 12.7 Å². The predicted molar refractivity (Wildman–Crippen MR) is 106 cm³/mol. The molecule has 0 bridgehead atoms. The summed E-state index contributed by atoms with van der Waals surface area (Å²) in [6.45, 7) is 3.96. The molecule has 0 saturated carbocycles. The lowest BCUT2D eigenvalue weighted by Crippen LogP contribution is -2.32. The van der Waals surface area contributed by atoms with Crippen LogP contribution < -0.4 is 5.32 Å². The number of benzene rings is 1. The maximum Gasteiger partial charge on any atom is 0.269 e. The Balaban J connectivity index is 1.86. The lowest BCUT2D eigenvalue weighted by molar-refractivity contribution is 0.0948. The molecule has 6 nitrogen and oxygen atoms in total. The van der Waals surface area contributed by atoms with E-state index in [1.54, 1.807) is 42.5 Å². The van der Waals surface area contributed by atoms with Gasteiger partial charge in [0.2, 0.25) is 0 Å². The summed E-state index contributed by atoms with van der Waals surface area (Å²) in [6, 6.07) is 15.0. The van der Waals surface area contributed by atoms with Crippen molar-refractivity contribution in [1.82, 2.24) is 10.3 Å². The minimum atomic E-state index is -3.77. The molecule has 3 aromatic rings. The van der Waals surface area contributed by atoms with E-state index in [0.29, 0.717) is 5.92 Å². The zero-order chi connectivity index (χ0) is 20.1. The molecule has 7 heteroatoms. The fourth-order valence-electron chi connectivity index (χ4n) is 2.82. The van der Waals surface area contributed by atoms with E-state index in [1.165, 1.54) is 12.5 Å². The number of pyridine rings is 1. The first-order chi connectivity index (χ1) is 13.4. The van der Waals surface area contributed by atoms with Crippen molar-refractivity contribution in [3.63, 3.8) is 0 Å². The fourth-order valence-corrected chi connectivity index (χ4v) is 4.40. The third-order valence-electron chi connectivity index (χ3n) is 4.46. The Morgan fingerprint density at radius 3 is 2.39 bits per heavy atom. The van der Waals surface area contributed by atoms with Gasteiger partial charge >= 0.3 is 0 Å². The van der Waals surface area contributed by atoms with E-state index in [-0.39, 0.29) is 22.9 Å². The van der Waals surface area contributed by atoms with Crippen LogP contribution in [0.5, 0.6) is 0 Å². The second-order valence-corrected chi connectivity index (χ2v) is 8.83. The summed E-state index contributed by atoms with van der Waals surface area (Å²) in [7, 11) is -3.77. The molecule has 0 unspecified atom stereocenters. The summed E-state index contributed by atoms with van der Waals surface area (Å²) >= 11 is 0. The van der Waals surface area contributed by atoms with Crippen LogP contribution in [0, 0.1) is 0 Å². The third-order valence-corrected chi connectivity index (χ3v) is 6.53. The minimum absolute atomic E-state index is 0.128. The molecule has 0 aliphatic carbocycles. The highest BCUT2D eigenvalue weighted by Crippen LogP contribution is 2.30. The van der Waals surface area contributed by atoms with Gasteiger partial charge in [-0.25, -0.2) is 8.42 Å². The fraction of sp³-hybridized carbons (Fsp3) is 0.238. The summed E-state index contributed by atoms with van der Waals surface area (Å²) in [4.78, 5) is 16.5. The van der Waals surface area contributed by atoms with E-state index < -0.39 is 21.0 Å². The van der Waals surface area contributed by atoms with Gasteiger partial charge in [0.15, 0.2) is 9.84 Å². The Morgan fingerprint density at radius 1 is 1.07 bits per heavy atom. The summed E-state index contributed by atoms with van der Waals surface area (Å²) in [5, 5.41) is 1.61. The number of nitrogens with zero attached hydrogens (tertiary/aromatic N) is 1. The Labute approximate surface area is 164 Å². The molecule has 0 aliphatic rings. The van der Waals surface area contributed by atoms with Crippen molar-refractivity contribution >= 4 is 15.7 Å². The number of hydrogen-bond acceptors (Lipinski definition) is 5. The van der Waals surface area contributed by atoms with Gasteiger partial charge in [0.05, 0.1) is 11.2 Å². The summed E-state index contributed by atoms with van der Waals surface area (Å²) < 4.78 is 31.8. The topological polar surface area (TPSA) is 89.3 Å². The van der Waals surface area contributed by atoms with Gasteiger partial charge in [0.1, 0.15) is 16.7 Å². The Kier molecular flexibility index (Phi) is 5.94. The first-order valence-corrected chi connectivity index (χ1v) is 10.5. The molecule has 2 heterocycles. The van der Waals surface area contributed by atoms with Crippen molar-refractivity contribution in [2.45, 2.75) is 29.9 Å². The van der Waals surface area contributed by atoms with Gasteiger partial charge in [-0.2, -0.15) is 0 Å². The second kappa shape index (κ2) is 8.39. The van der Waals surface area contributed by atoms with Crippen LogP contribution in [0.3, 0.4) is 0 Å². The molecule has 0 spiro atoms. The average molecular weight is 398 g/mol. The molecule has 2 aromatic heterocycles. The summed E-state index contributed by atoms with van der Waals surface area (Å²) in [5.74, 6) is 0.132. The summed E-state index contributed by atoms with van der Waals surface area (Å²) in [6.07, 6.45) is 2.92. The monoisotopic (exact) mass is 398 g/mol. The molecular formula is C21H22N2O4S. The molecular weight excluding hydrogens is 376 g/mol. The molecule has 0 aliphatic heterocycles. The van der Waals surface area contributed by atoms with Gasteiger partial charge < -0.3 is 9.73 Å².